The van der Waals surface area contributed by atoms with Crippen LogP contribution in [-0.2, 0) is 22.6 Å². The molecule has 2 N–H and O–H groups in total. The number of aliphatic imine (C=N–C) groups is 1. The van der Waals surface area contributed by atoms with Gasteiger partial charge in [-0.3, -0.25) is 9.59 Å². The average molecular weight is 478 g/mol. The summed E-state index contributed by atoms with van der Waals surface area (Å²) in [5.74, 6) is 2.50. The number of rotatable bonds is 6. The fourth-order valence-electron chi connectivity index (χ4n) is 5.46. The fourth-order valence-corrected chi connectivity index (χ4v) is 5.46. The lowest BCUT2D eigenvalue weighted by atomic mass is 9.75. The molecule has 1 amide bonds. The monoisotopic (exact) mass is 477 g/mol. The molecule has 3 heterocycles. The van der Waals surface area contributed by atoms with Crippen LogP contribution in [-0.4, -0.2) is 55.3 Å². The van der Waals surface area contributed by atoms with Crippen LogP contribution in [0.1, 0.15) is 58.6 Å². The van der Waals surface area contributed by atoms with E-state index in [4.69, 9.17) is 0 Å². The van der Waals surface area contributed by atoms with Gasteiger partial charge in [-0.1, -0.05) is 26.8 Å². The van der Waals surface area contributed by atoms with Crippen LogP contribution in [0.3, 0.4) is 0 Å². The Labute approximate surface area is 206 Å². The Morgan fingerprint density at radius 2 is 2.06 bits per heavy atom. The first-order valence-electron chi connectivity index (χ1n) is 12.7. The molecule has 0 bridgehead atoms. The number of aliphatic hydroxyl groups is 1. The molecule has 4 unspecified atom stereocenters. The smallest absolute Gasteiger partial charge is 0.227 e. The van der Waals surface area contributed by atoms with Gasteiger partial charge in [-0.05, 0) is 37.5 Å². The van der Waals surface area contributed by atoms with Gasteiger partial charge in [0.05, 0.1) is 30.2 Å². The molecule has 0 saturated heterocycles. The number of aryl methyl sites for hydroxylation is 1. The van der Waals surface area contributed by atoms with Gasteiger partial charge in [-0.25, -0.2) is 9.98 Å². The summed E-state index contributed by atoms with van der Waals surface area (Å²) in [6.45, 7) is 6.93. The van der Waals surface area contributed by atoms with Gasteiger partial charge < -0.3 is 19.9 Å². The van der Waals surface area contributed by atoms with E-state index in [0.29, 0.717) is 24.3 Å². The van der Waals surface area contributed by atoms with Gasteiger partial charge in [0.15, 0.2) is 5.78 Å². The van der Waals surface area contributed by atoms with Crippen LogP contribution in [0.4, 0.5) is 0 Å². The lowest BCUT2D eigenvalue weighted by Gasteiger charge is -2.39. The second-order valence-electron chi connectivity index (χ2n) is 11.4. The third-order valence-electron chi connectivity index (χ3n) is 7.46. The Morgan fingerprint density at radius 3 is 2.80 bits per heavy atom. The molecule has 5 rings (SSSR count). The van der Waals surface area contributed by atoms with Crippen LogP contribution in [0.15, 0.2) is 47.3 Å². The first-order valence-corrected chi connectivity index (χ1v) is 12.7. The van der Waals surface area contributed by atoms with Gasteiger partial charge in [0.2, 0.25) is 5.91 Å². The van der Waals surface area contributed by atoms with Crippen molar-refractivity contribution in [2.24, 2.45) is 22.2 Å². The van der Waals surface area contributed by atoms with Crippen molar-refractivity contribution >= 4 is 17.6 Å². The second kappa shape index (κ2) is 9.25. The highest BCUT2D eigenvalue weighted by Crippen LogP contribution is 2.39. The zero-order valence-electron chi connectivity index (χ0n) is 20.8. The standard InChI is InChI=1S/C27H35N5O3/c1-27(2,3)25(31-11-9-29-23(15-31)17-4-5-17)24(34)21-7-6-20(33)13-22(21)26(35)30-18-8-10-32-16-28-14-19(32)12-18/h7,11,14-18,20,22,25,33H,4-6,8,10,12-13H2,1-3H3,(H,30,35). The van der Waals surface area contributed by atoms with E-state index < -0.39 is 23.5 Å². The number of carbonyl (C=O) groups excluding carboxylic acids is 2. The van der Waals surface area contributed by atoms with E-state index in [2.05, 4.69) is 25.7 Å². The molecule has 1 saturated carbocycles. The van der Waals surface area contributed by atoms with Crippen molar-refractivity contribution in [1.29, 1.82) is 0 Å². The molecule has 8 heteroatoms. The first kappa shape index (κ1) is 23.8. The summed E-state index contributed by atoms with van der Waals surface area (Å²) >= 11 is 0. The molecule has 4 aliphatic rings. The van der Waals surface area contributed by atoms with Gasteiger partial charge >= 0.3 is 0 Å². The molecular weight excluding hydrogens is 442 g/mol. The summed E-state index contributed by atoms with van der Waals surface area (Å²) in [6.07, 6.45) is 12.9. The lowest BCUT2D eigenvalue weighted by Crippen LogP contribution is -2.50. The van der Waals surface area contributed by atoms with E-state index in [-0.39, 0.29) is 24.2 Å². The molecule has 2 aliphatic carbocycles. The van der Waals surface area contributed by atoms with Crippen molar-refractivity contribution in [3.63, 3.8) is 0 Å². The molecule has 0 spiro atoms. The Bertz CT molecular complexity index is 1130. The molecule has 1 fully saturated rings. The quantitative estimate of drug-likeness (QED) is 0.656. The summed E-state index contributed by atoms with van der Waals surface area (Å²) in [4.78, 5) is 38.1. The topological polar surface area (TPSA) is 99.8 Å². The molecule has 0 radical (unpaired) electrons. The number of nitrogens with zero attached hydrogens (tertiary/aromatic N) is 4. The van der Waals surface area contributed by atoms with E-state index in [1.165, 1.54) is 0 Å². The van der Waals surface area contributed by atoms with Gasteiger partial charge in [0.1, 0.15) is 6.04 Å². The minimum Gasteiger partial charge on any atom is -0.393 e. The third kappa shape index (κ3) is 5.04. The molecule has 1 aromatic heterocycles. The first-order chi connectivity index (χ1) is 16.7. The molecule has 1 aromatic rings. The molecule has 0 aromatic carbocycles. The summed E-state index contributed by atoms with van der Waals surface area (Å²) in [7, 11) is 0. The normalized spacial score (nSPS) is 27.1. The Morgan fingerprint density at radius 1 is 1.26 bits per heavy atom. The van der Waals surface area contributed by atoms with E-state index >= 15 is 0 Å². The maximum atomic E-state index is 14.1. The average Bonchev–Trinajstić information content (AvgIpc) is 3.56. The number of ketones is 1. The summed E-state index contributed by atoms with van der Waals surface area (Å²) in [5.41, 5.74) is 2.18. The molecule has 2 aliphatic heterocycles. The number of hydrogen-bond donors (Lipinski definition) is 2. The molecule has 186 valence electrons. The van der Waals surface area contributed by atoms with Crippen LogP contribution in [0, 0.1) is 17.3 Å². The fraction of sp³-hybridized carbons (Fsp3) is 0.593. The zero-order valence-corrected chi connectivity index (χ0v) is 20.8. The van der Waals surface area contributed by atoms with Crippen LogP contribution in [0.2, 0.25) is 0 Å². The molecule has 8 nitrogen and oxygen atoms in total. The largest absolute Gasteiger partial charge is 0.393 e. The Hall–Kier alpha value is -2.96. The molecule has 35 heavy (non-hydrogen) atoms. The minimum atomic E-state index is -0.669. The van der Waals surface area contributed by atoms with Crippen molar-refractivity contribution in [3.05, 3.63) is 48.0 Å². The number of aromatic nitrogens is 2. The van der Waals surface area contributed by atoms with Gasteiger partial charge in [-0.2, -0.15) is 0 Å². The number of fused-ring (bicyclic) bond motifs is 1. The Kier molecular flexibility index (Phi) is 6.28. The SMILES string of the molecule is CC(C)(C)C(C(=O)C1=CCC(O)CC1C(=O)NC1CCn2cncc2C1)N1C=C=NC(C2CC2)=C1. The number of imidazole rings is 1. The molecular formula is C27H35N5O3. The van der Waals surface area contributed by atoms with Crippen LogP contribution in [0.25, 0.3) is 0 Å². The Balaban J connectivity index is 1.37. The summed E-state index contributed by atoms with van der Waals surface area (Å²) in [5, 5.41) is 13.6. The van der Waals surface area contributed by atoms with Crippen LogP contribution < -0.4 is 5.32 Å². The number of aliphatic hydroxyl groups excluding tert-OH is 1. The summed E-state index contributed by atoms with van der Waals surface area (Å²) in [6, 6.07) is -0.508. The predicted molar refractivity (Wildman–Crippen MR) is 132 cm³/mol. The lowest BCUT2D eigenvalue weighted by molar-refractivity contribution is -0.130. The number of carbonyl (C=O) groups is 2. The van der Waals surface area contributed by atoms with Crippen molar-refractivity contribution < 1.29 is 14.7 Å². The maximum Gasteiger partial charge on any atom is 0.227 e. The predicted octanol–water partition coefficient (Wildman–Crippen LogP) is 2.75. The second-order valence-corrected chi connectivity index (χ2v) is 11.4. The van der Waals surface area contributed by atoms with Crippen molar-refractivity contribution in [2.75, 3.05) is 0 Å². The number of allylic oxidation sites excluding steroid dienone is 1. The van der Waals surface area contributed by atoms with Crippen molar-refractivity contribution in [1.82, 2.24) is 19.8 Å². The number of Topliss-reactive ketones (excluding diaryl/α,β-unsaturated/α-hetero) is 1. The van der Waals surface area contributed by atoms with Crippen molar-refractivity contribution in [3.8, 4) is 0 Å². The van der Waals surface area contributed by atoms with E-state index in [0.717, 1.165) is 37.2 Å². The van der Waals surface area contributed by atoms with Crippen molar-refractivity contribution in [2.45, 2.75) is 84.0 Å². The zero-order chi connectivity index (χ0) is 24.7. The van der Waals surface area contributed by atoms with Crippen LogP contribution >= 0.6 is 0 Å². The van der Waals surface area contributed by atoms with Gasteiger partial charge in [-0.15, -0.1) is 0 Å². The highest BCUT2D eigenvalue weighted by Gasteiger charge is 2.42. The minimum absolute atomic E-state index is 0.00851. The van der Waals surface area contributed by atoms with Crippen LogP contribution in [0.5, 0.6) is 0 Å². The third-order valence-corrected chi connectivity index (χ3v) is 7.46. The number of nitrogens with one attached hydrogen (secondary N) is 1. The number of hydrogen-bond acceptors (Lipinski definition) is 6. The van der Waals surface area contributed by atoms with Gasteiger partial charge in [0, 0.05) is 54.5 Å². The van der Waals surface area contributed by atoms with E-state index in [1.807, 2.05) is 44.4 Å². The highest BCUT2D eigenvalue weighted by molar-refractivity contribution is 6.05. The number of amides is 1. The molecule has 4 atom stereocenters. The van der Waals surface area contributed by atoms with E-state index in [1.54, 1.807) is 12.3 Å². The maximum absolute atomic E-state index is 14.1. The summed E-state index contributed by atoms with van der Waals surface area (Å²) < 4.78 is 2.11. The van der Waals surface area contributed by atoms with Gasteiger partial charge in [0.25, 0.3) is 0 Å². The van der Waals surface area contributed by atoms with E-state index in [9.17, 15) is 14.7 Å². The highest BCUT2D eigenvalue weighted by atomic mass is 16.3.